The molecule has 0 aromatic heterocycles. The Morgan fingerprint density at radius 1 is 1.19 bits per heavy atom. The second-order valence-electron chi connectivity index (χ2n) is 3.90. The van der Waals surface area contributed by atoms with E-state index in [0.29, 0.717) is 0 Å². The maximum atomic E-state index is 9.47. The number of benzene rings is 1. The minimum atomic E-state index is 0. The van der Waals surface area contributed by atoms with Crippen molar-refractivity contribution >= 4 is 12.4 Å². The standard InChI is InChI=1S/C12H18N2O.ClH/c15-10-12(11-4-2-1-3-5-11)14-8-6-13-7-9-14;/h1-5,12-13,15H,6-10H2;1H/t12-;/m1./s1. The van der Waals surface area contributed by atoms with Crippen molar-refractivity contribution in [1.29, 1.82) is 0 Å². The summed E-state index contributed by atoms with van der Waals surface area (Å²) >= 11 is 0. The van der Waals surface area contributed by atoms with Gasteiger partial charge in [0.05, 0.1) is 12.6 Å². The highest BCUT2D eigenvalue weighted by molar-refractivity contribution is 5.85. The molecule has 1 aromatic carbocycles. The molecule has 0 radical (unpaired) electrons. The summed E-state index contributed by atoms with van der Waals surface area (Å²) in [6.45, 7) is 4.26. The third kappa shape index (κ3) is 3.19. The number of halogens is 1. The second-order valence-corrected chi connectivity index (χ2v) is 3.90. The van der Waals surface area contributed by atoms with Crippen molar-refractivity contribution < 1.29 is 5.11 Å². The third-order valence-electron chi connectivity index (χ3n) is 2.95. The van der Waals surface area contributed by atoms with Crippen molar-refractivity contribution in [1.82, 2.24) is 10.2 Å². The van der Waals surface area contributed by atoms with E-state index in [1.165, 1.54) is 5.56 Å². The summed E-state index contributed by atoms with van der Waals surface area (Å²) in [5.74, 6) is 0. The van der Waals surface area contributed by atoms with E-state index >= 15 is 0 Å². The molecule has 0 bridgehead atoms. The number of nitrogens with zero attached hydrogens (tertiary/aromatic N) is 1. The predicted octanol–water partition coefficient (Wildman–Crippen LogP) is 1.05. The van der Waals surface area contributed by atoms with E-state index in [2.05, 4.69) is 22.3 Å². The Bertz CT molecular complexity index is 288. The number of aliphatic hydroxyl groups excluding tert-OH is 1. The van der Waals surface area contributed by atoms with Gasteiger partial charge < -0.3 is 10.4 Å². The van der Waals surface area contributed by atoms with Gasteiger partial charge in [-0.2, -0.15) is 0 Å². The maximum absolute atomic E-state index is 9.47. The topological polar surface area (TPSA) is 35.5 Å². The van der Waals surface area contributed by atoms with Gasteiger partial charge in [-0.3, -0.25) is 4.90 Å². The number of rotatable bonds is 3. The lowest BCUT2D eigenvalue weighted by atomic mass is 10.1. The van der Waals surface area contributed by atoms with Crippen molar-refractivity contribution in [3.8, 4) is 0 Å². The number of piperazine rings is 1. The maximum Gasteiger partial charge on any atom is 0.0628 e. The van der Waals surface area contributed by atoms with Crippen LogP contribution in [0.15, 0.2) is 30.3 Å². The average Bonchev–Trinajstić information content (AvgIpc) is 2.33. The molecule has 16 heavy (non-hydrogen) atoms. The molecule has 4 heteroatoms. The monoisotopic (exact) mass is 242 g/mol. The van der Waals surface area contributed by atoms with Crippen molar-refractivity contribution in [2.24, 2.45) is 0 Å². The summed E-state index contributed by atoms with van der Waals surface area (Å²) in [4.78, 5) is 2.34. The van der Waals surface area contributed by atoms with E-state index in [4.69, 9.17) is 0 Å². The van der Waals surface area contributed by atoms with E-state index in [0.717, 1.165) is 26.2 Å². The fourth-order valence-electron chi connectivity index (χ4n) is 2.10. The first-order valence-corrected chi connectivity index (χ1v) is 5.52. The van der Waals surface area contributed by atoms with Gasteiger partial charge in [0.15, 0.2) is 0 Å². The molecule has 1 atom stereocenters. The fraction of sp³-hybridized carbons (Fsp3) is 0.500. The minimum Gasteiger partial charge on any atom is -0.394 e. The van der Waals surface area contributed by atoms with Crippen molar-refractivity contribution in [3.05, 3.63) is 35.9 Å². The zero-order chi connectivity index (χ0) is 10.5. The molecule has 1 fully saturated rings. The van der Waals surface area contributed by atoms with E-state index < -0.39 is 0 Å². The molecule has 1 saturated heterocycles. The van der Waals surface area contributed by atoms with Crippen LogP contribution in [0.1, 0.15) is 11.6 Å². The Hall–Kier alpha value is -0.610. The molecule has 0 unspecified atom stereocenters. The lowest BCUT2D eigenvalue weighted by Gasteiger charge is -2.34. The summed E-state index contributed by atoms with van der Waals surface area (Å²) in [5.41, 5.74) is 1.21. The van der Waals surface area contributed by atoms with E-state index in [1.54, 1.807) is 0 Å². The van der Waals surface area contributed by atoms with Crippen LogP contribution < -0.4 is 5.32 Å². The predicted molar refractivity (Wildman–Crippen MR) is 68.0 cm³/mol. The molecule has 0 saturated carbocycles. The summed E-state index contributed by atoms with van der Waals surface area (Å²) in [7, 11) is 0. The Morgan fingerprint density at radius 2 is 1.81 bits per heavy atom. The quantitative estimate of drug-likeness (QED) is 0.832. The molecule has 0 aliphatic carbocycles. The van der Waals surface area contributed by atoms with Crippen LogP contribution in [0.3, 0.4) is 0 Å². The highest BCUT2D eigenvalue weighted by Gasteiger charge is 2.20. The summed E-state index contributed by atoms with van der Waals surface area (Å²) in [5, 5.41) is 12.8. The van der Waals surface area contributed by atoms with Gasteiger partial charge in [0, 0.05) is 26.2 Å². The van der Waals surface area contributed by atoms with E-state index in [9.17, 15) is 5.11 Å². The van der Waals surface area contributed by atoms with Crippen LogP contribution >= 0.6 is 12.4 Å². The third-order valence-corrected chi connectivity index (χ3v) is 2.95. The first kappa shape index (κ1) is 13.5. The summed E-state index contributed by atoms with van der Waals surface area (Å²) < 4.78 is 0. The van der Waals surface area contributed by atoms with Crippen LogP contribution in [0.2, 0.25) is 0 Å². The van der Waals surface area contributed by atoms with Gasteiger partial charge >= 0.3 is 0 Å². The van der Waals surface area contributed by atoms with Gasteiger partial charge in [-0.25, -0.2) is 0 Å². The van der Waals surface area contributed by atoms with Crippen LogP contribution in [-0.2, 0) is 0 Å². The largest absolute Gasteiger partial charge is 0.394 e. The van der Waals surface area contributed by atoms with Gasteiger partial charge in [-0.1, -0.05) is 30.3 Å². The molecular weight excluding hydrogens is 224 g/mol. The van der Waals surface area contributed by atoms with Crippen LogP contribution in [0, 0.1) is 0 Å². The molecule has 1 aromatic rings. The lowest BCUT2D eigenvalue weighted by Crippen LogP contribution is -2.46. The van der Waals surface area contributed by atoms with Crippen molar-refractivity contribution in [2.75, 3.05) is 32.8 Å². The van der Waals surface area contributed by atoms with Crippen LogP contribution in [0.4, 0.5) is 0 Å². The Balaban J connectivity index is 0.00000128. The molecule has 90 valence electrons. The number of aliphatic hydroxyl groups is 1. The average molecular weight is 243 g/mol. The normalized spacial score (nSPS) is 18.8. The zero-order valence-electron chi connectivity index (χ0n) is 9.30. The molecular formula is C12H19ClN2O. The minimum absolute atomic E-state index is 0. The van der Waals surface area contributed by atoms with Gasteiger partial charge in [-0.05, 0) is 5.56 Å². The second kappa shape index (κ2) is 6.86. The number of hydrogen-bond donors (Lipinski definition) is 2. The van der Waals surface area contributed by atoms with Crippen LogP contribution in [0.25, 0.3) is 0 Å². The first-order chi connectivity index (χ1) is 7.42. The van der Waals surface area contributed by atoms with Crippen molar-refractivity contribution in [3.63, 3.8) is 0 Å². The van der Waals surface area contributed by atoms with Gasteiger partial charge in [0.2, 0.25) is 0 Å². The Morgan fingerprint density at radius 3 is 2.38 bits per heavy atom. The highest BCUT2D eigenvalue weighted by Crippen LogP contribution is 2.19. The number of nitrogens with one attached hydrogen (secondary N) is 1. The molecule has 1 aliphatic rings. The molecule has 0 spiro atoms. The zero-order valence-corrected chi connectivity index (χ0v) is 10.1. The molecule has 2 rings (SSSR count). The molecule has 2 N–H and O–H groups in total. The smallest absolute Gasteiger partial charge is 0.0628 e. The molecule has 3 nitrogen and oxygen atoms in total. The summed E-state index contributed by atoms with van der Waals surface area (Å²) in [6, 6.07) is 10.4. The van der Waals surface area contributed by atoms with Crippen LogP contribution in [0.5, 0.6) is 0 Å². The number of hydrogen-bond acceptors (Lipinski definition) is 3. The molecule has 0 amide bonds. The van der Waals surface area contributed by atoms with Crippen LogP contribution in [-0.4, -0.2) is 42.8 Å². The van der Waals surface area contributed by atoms with Crippen molar-refractivity contribution in [2.45, 2.75) is 6.04 Å². The highest BCUT2D eigenvalue weighted by atomic mass is 35.5. The summed E-state index contributed by atoms with van der Waals surface area (Å²) in [6.07, 6.45) is 0. The van der Waals surface area contributed by atoms with E-state index in [1.807, 2.05) is 18.2 Å². The van der Waals surface area contributed by atoms with Gasteiger partial charge in [0.25, 0.3) is 0 Å². The molecule has 1 heterocycles. The van der Waals surface area contributed by atoms with E-state index in [-0.39, 0.29) is 25.1 Å². The lowest BCUT2D eigenvalue weighted by molar-refractivity contribution is 0.111. The Kier molecular flexibility index (Phi) is 5.77. The molecule has 1 aliphatic heterocycles. The SMILES string of the molecule is Cl.OC[C@H](c1ccccc1)N1CCNCC1. The Labute approximate surface area is 103 Å². The fourth-order valence-corrected chi connectivity index (χ4v) is 2.10. The van der Waals surface area contributed by atoms with Gasteiger partial charge in [-0.15, -0.1) is 12.4 Å². The van der Waals surface area contributed by atoms with Gasteiger partial charge in [0.1, 0.15) is 0 Å². The first-order valence-electron chi connectivity index (χ1n) is 5.52.